The second-order valence-electron chi connectivity index (χ2n) is 6.09. The van der Waals surface area contributed by atoms with E-state index in [-0.39, 0.29) is 11.3 Å². The van der Waals surface area contributed by atoms with Gasteiger partial charge >= 0.3 is 0 Å². The molecule has 2 nitrogen and oxygen atoms in total. The Kier molecular flexibility index (Phi) is 4.49. The standard InChI is InChI=1S/C19H20ClNO/c20-16-10-8-15(9-11-16)19(12-4-5-13-19)14-18(22)21-17-6-2-1-3-7-17/h1-3,6-11H,4-5,12-14H2,(H,21,22). The lowest BCUT2D eigenvalue weighted by atomic mass is 9.76. The van der Waals surface area contributed by atoms with Crippen molar-refractivity contribution in [2.24, 2.45) is 0 Å². The van der Waals surface area contributed by atoms with E-state index in [1.165, 1.54) is 18.4 Å². The Labute approximate surface area is 136 Å². The average Bonchev–Trinajstić information content (AvgIpc) is 2.98. The first-order valence-corrected chi connectivity index (χ1v) is 8.17. The molecular weight excluding hydrogens is 294 g/mol. The van der Waals surface area contributed by atoms with Crippen LogP contribution in [0.4, 0.5) is 5.69 Å². The Bertz CT molecular complexity index is 630. The fourth-order valence-electron chi connectivity index (χ4n) is 3.46. The molecule has 0 bridgehead atoms. The highest BCUT2D eigenvalue weighted by molar-refractivity contribution is 6.30. The van der Waals surface area contributed by atoms with Gasteiger partial charge < -0.3 is 5.32 Å². The van der Waals surface area contributed by atoms with Crippen LogP contribution < -0.4 is 5.32 Å². The average molecular weight is 314 g/mol. The summed E-state index contributed by atoms with van der Waals surface area (Å²) in [5.41, 5.74) is 2.05. The topological polar surface area (TPSA) is 29.1 Å². The lowest BCUT2D eigenvalue weighted by Gasteiger charge is -2.29. The molecule has 1 saturated carbocycles. The van der Waals surface area contributed by atoms with E-state index in [1.54, 1.807) is 0 Å². The zero-order valence-corrected chi connectivity index (χ0v) is 13.3. The monoisotopic (exact) mass is 313 g/mol. The molecule has 2 aromatic rings. The number of carbonyl (C=O) groups excluding carboxylic acids is 1. The van der Waals surface area contributed by atoms with Gasteiger partial charge in [-0.2, -0.15) is 0 Å². The van der Waals surface area contributed by atoms with Gasteiger partial charge in [0.05, 0.1) is 0 Å². The van der Waals surface area contributed by atoms with E-state index in [1.807, 2.05) is 42.5 Å². The van der Waals surface area contributed by atoms with Crippen LogP contribution in [0.1, 0.15) is 37.7 Å². The molecule has 0 radical (unpaired) electrons. The minimum Gasteiger partial charge on any atom is -0.326 e. The molecule has 0 unspecified atom stereocenters. The molecule has 0 atom stereocenters. The molecule has 0 saturated heterocycles. The molecule has 2 aromatic carbocycles. The fraction of sp³-hybridized carbons (Fsp3) is 0.316. The smallest absolute Gasteiger partial charge is 0.225 e. The lowest BCUT2D eigenvalue weighted by Crippen LogP contribution is -2.29. The SMILES string of the molecule is O=C(CC1(c2ccc(Cl)cc2)CCCC1)Nc1ccccc1. The second kappa shape index (κ2) is 6.53. The Morgan fingerprint density at radius 1 is 1.00 bits per heavy atom. The molecule has 0 spiro atoms. The van der Waals surface area contributed by atoms with Crippen molar-refractivity contribution in [1.82, 2.24) is 0 Å². The van der Waals surface area contributed by atoms with Gasteiger partial charge in [-0.15, -0.1) is 0 Å². The zero-order chi connectivity index (χ0) is 15.4. The van der Waals surface area contributed by atoms with Gasteiger partial charge in [0.2, 0.25) is 5.91 Å². The summed E-state index contributed by atoms with van der Waals surface area (Å²) in [6.45, 7) is 0. The normalized spacial score (nSPS) is 16.4. The van der Waals surface area contributed by atoms with Crippen LogP contribution in [0.3, 0.4) is 0 Å². The summed E-state index contributed by atoms with van der Waals surface area (Å²) >= 11 is 6.00. The molecule has 1 fully saturated rings. The van der Waals surface area contributed by atoms with Crippen molar-refractivity contribution in [2.45, 2.75) is 37.5 Å². The van der Waals surface area contributed by atoms with Crippen molar-refractivity contribution in [1.29, 1.82) is 0 Å². The number of para-hydroxylation sites is 1. The maximum atomic E-state index is 12.5. The van der Waals surface area contributed by atoms with Crippen LogP contribution in [0, 0.1) is 0 Å². The van der Waals surface area contributed by atoms with Crippen molar-refractivity contribution in [3.8, 4) is 0 Å². The third kappa shape index (κ3) is 3.33. The summed E-state index contributed by atoms with van der Waals surface area (Å²) in [5, 5.41) is 3.75. The van der Waals surface area contributed by atoms with Gasteiger partial charge in [0.25, 0.3) is 0 Å². The van der Waals surface area contributed by atoms with Gasteiger partial charge in [0, 0.05) is 22.5 Å². The second-order valence-corrected chi connectivity index (χ2v) is 6.52. The largest absolute Gasteiger partial charge is 0.326 e. The number of nitrogens with one attached hydrogen (secondary N) is 1. The first kappa shape index (κ1) is 15.1. The highest BCUT2D eigenvalue weighted by atomic mass is 35.5. The number of hydrogen-bond acceptors (Lipinski definition) is 1. The highest BCUT2D eigenvalue weighted by Crippen LogP contribution is 2.44. The van der Waals surface area contributed by atoms with Gasteiger partial charge in [0.15, 0.2) is 0 Å². The minimum atomic E-state index is -0.0382. The van der Waals surface area contributed by atoms with Crippen molar-refractivity contribution in [3.63, 3.8) is 0 Å². The quantitative estimate of drug-likeness (QED) is 0.827. The highest BCUT2D eigenvalue weighted by Gasteiger charge is 2.37. The summed E-state index contributed by atoms with van der Waals surface area (Å²) in [6, 6.07) is 17.6. The Morgan fingerprint density at radius 3 is 2.27 bits per heavy atom. The molecule has 114 valence electrons. The molecule has 0 aliphatic heterocycles. The van der Waals surface area contributed by atoms with Crippen LogP contribution in [-0.4, -0.2) is 5.91 Å². The van der Waals surface area contributed by atoms with Crippen LogP contribution in [0.15, 0.2) is 54.6 Å². The van der Waals surface area contributed by atoms with Crippen LogP contribution in [0.2, 0.25) is 5.02 Å². The molecule has 0 aromatic heterocycles. The summed E-state index contributed by atoms with van der Waals surface area (Å²) in [5.74, 6) is 0.0862. The molecule has 0 heterocycles. The van der Waals surface area contributed by atoms with E-state index in [9.17, 15) is 4.79 Å². The number of anilines is 1. The van der Waals surface area contributed by atoms with Gasteiger partial charge in [-0.1, -0.05) is 54.8 Å². The van der Waals surface area contributed by atoms with E-state index in [4.69, 9.17) is 11.6 Å². The number of halogens is 1. The summed E-state index contributed by atoms with van der Waals surface area (Å²) in [6.07, 6.45) is 5.03. The molecule has 3 rings (SSSR count). The Balaban J connectivity index is 1.77. The number of benzene rings is 2. The maximum absolute atomic E-state index is 12.5. The first-order valence-electron chi connectivity index (χ1n) is 7.79. The summed E-state index contributed by atoms with van der Waals surface area (Å²) < 4.78 is 0. The number of hydrogen-bond donors (Lipinski definition) is 1. The first-order chi connectivity index (χ1) is 10.7. The van der Waals surface area contributed by atoms with Crippen molar-refractivity contribution < 1.29 is 4.79 Å². The molecule has 1 N–H and O–H groups in total. The molecule has 1 amide bonds. The van der Waals surface area contributed by atoms with Crippen LogP contribution in [0.25, 0.3) is 0 Å². The third-order valence-electron chi connectivity index (χ3n) is 4.57. The van der Waals surface area contributed by atoms with E-state index >= 15 is 0 Å². The Hall–Kier alpha value is -1.80. The van der Waals surface area contributed by atoms with E-state index < -0.39 is 0 Å². The molecule has 1 aliphatic rings. The summed E-state index contributed by atoms with van der Waals surface area (Å²) in [4.78, 5) is 12.5. The van der Waals surface area contributed by atoms with Gasteiger partial charge in [-0.05, 0) is 42.7 Å². The zero-order valence-electron chi connectivity index (χ0n) is 12.5. The van der Waals surface area contributed by atoms with Gasteiger partial charge in [0.1, 0.15) is 0 Å². The molecular formula is C19H20ClNO. The number of carbonyl (C=O) groups is 1. The molecule has 3 heteroatoms. The predicted octanol–water partition coefficient (Wildman–Crippen LogP) is 5.18. The number of rotatable bonds is 4. The lowest BCUT2D eigenvalue weighted by molar-refractivity contribution is -0.117. The fourth-order valence-corrected chi connectivity index (χ4v) is 3.58. The molecule has 22 heavy (non-hydrogen) atoms. The van der Waals surface area contributed by atoms with Gasteiger partial charge in [-0.3, -0.25) is 4.79 Å². The van der Waals surface area contributed by atoms with E-state index in [0.717, 1.165) is 23.6 Å². The third-order valence-corrected chi connectivity index (χ3v) is 4.83. The Morgan fingerprint density at radius 2 is 1.64 bits per heavy atom. The van der Waals surface area contributed by atoms with Crippen molar-refractivity contribution in [2.75, 3.05) is 5.32 Å². The minimum absolute atomic E-state index is 0.0382. The van der Waals surface area contributed by atoms with E-state index in [2.05, 4.69) is 17.4 Å². The maximum Gasteiger partial charge on any atom is 0.225 e. The van der Waals surface area contributed by atoms with Crippen LogP contribution in [-0.2, 0) is 10.2 Å². The predicted molar refractivity (Wildman–Crippen MR) is 91.3 cm³/mol. The molecule has 1 aliphatic carbocycles. The van der Waals surface area contributed by atoms with Crippen molar-refractivity contribution in [3.05, 3.63) is 65.2 Å². The number of amides is 1. The van der Waals surface area contributed by atoms with Crippen LogP contribution >= 0.6 is 11.6 Å². The van der Waals surface area contributed by atoms with Crippen molar-refractivity contribution >= 4 is 23.2 Å². The summed E-state index contributed by atoms with van der Waals surface area (Å²) in [7, 11) is 0. The van der Waals surface area contributed by atoms with E-state index in [0.29, 0.717) is 6.42 Å². The van der Waals surface area contributed by atoms with Crippen LogP contribution in [0.5, 0.6) is 0 Å². The van der Waals surface area contributed by atoms with Gasteiger partial charge in [-0.25, -0.2) is 0 Å².